The molecule has 144 valence electrons. The van der Waals surface area contributed by atoms with Gasteiger partial charge in [0.2, 0.25) is 17.4 Å². The van der Waals surface area contributed by atoms with Crippen molar-refractivity contribution in [3.05, 3.63) is 48.7 Å². The fourth-order valence-corrected chi connectivity index (χ4v) is 5.40. The van der Waals surface area contributed by atoms with Crippen molar-refractivity contribution < 1.29 is 42.1 Å². The highest BCUT2D eigenvalue weighted by Crippen LogP contribution is 2.37. The minimum atomic E-state index is -2.24. The molecule has 27 heavy (non-hydrogen) atoms. The molecule has 0 heterocycles. The average Bonchev–Trinajstić information content (AvgIpc) is 2.60. The third-order valence-corrected chi connectivity index (χ3v) is 9.34. The van der Waals surface area contributed by atoms with Crippen molar-refractivity contribution in [3.8, 4) is 11.5 Å². The summed E-state index contributed by atoms with van der Waals surface area (Å²) in [6, 6.07) is 0. The molecule has 2 aromatic rings. The van der Waals surface area contributed by atoms with Crippen molar-refractivity contribution in [1.82, 2.24) is 0 Å². The second-order valence-corrected chi connectivity index (χ2v) is 8.93. The Balaban J connectivity index is 2.64. The van der Waals surface area contributed by atoms with E-state index in [1.807, 2.05) is 0 Å². The van der Waals surface area contributed by atoms with E-state index < -0.39 is 46.5 Å². The van der Waals surface area contributed by atoms with E-state index in [1.165, 1.54) is 0 Å². The summed E-state index contributed by atoms with van der Waals surface area (Å²) < 4.78 is 60.5. The Morgan fingerprint density at radius 2 is 1.19 bits per heavy atom. The molecule has 0 fully saturated rings. The highest BCUT2D eigenvalue weighted by molar-refractivity contribution is 14.1. The van der Waals surface area contributed by atoms with Crippen LogP contribution in [-0.4, -0.2) is 17.0 Å². The van der Waals surface area contributed by atoms with Crippen LogP contribution in [0, 0.1) is 37.5 Å². The summed E-state index contributed by atoms with van der Waals surface area (Å²) in [7, 11) is 0. The molecule has 1 N–H and O–H groups in total. The number of halogens is 8. The number of carbonyl (C=O) groups excluding carboxylic acids is 1. The van der Waals surface area contributed by atoms with Gasteiger partial charge in [0.15, 0.2) is 11.6 Å². The minimum absolute atomic E-state index is 0.122. The maximum absolute atomic E-state index is 14.0. The van der Waals surface area contributed by atoms with Gasteiger partial charge in [0.25, 0.3) is 0 Å². The lowest BCUT2D eigenvalue weighted by molar-refractivity contribution is -0.271. The van der Waals surface area contributed by atoms with Crippen molar-refractivity contribution in [1.29, 1.82) is 0 Å². The summed E-state index contributed by atoms with van der Waals surface area (Å²) in [6.07, 6.45) is 0. The molecule has 0 unspecified atom stereocenters. The molecule has 0 aliphatic rings. The number of esters is 1. The Bertz CT molecular complexity index is 954. The molecule has 0 aliphatic carbocycles. The first-order chi connectivity index (χ1) is 12.4. The van der Waals surface area contributed by atoms with Gasteiger partial charge in [-0.25, -0.2) is 18.4 Å². The zero-order valence-corrected chi connectivity index (χ0v) is 20.7. The van der Waals surface area contributed by atoms with E-state index in [0.717, 1.165) is 0 Å². The Kier molecular flexibility index (Phi) is 7.42. The zero-order chi connectivity index (χ0) is 20.8. The summed E-state index contributed by atoms with van der Waals surface area (Å²) in [5.41, 5.74) is -2.08. The second kappa shape index (κ2) is 8.67. The average molecular weight is 833 g/mol. The molecule has 0 saturated heterocycles. The van der Waals surface area contributed by atoms with Crippen LogP contribution in [0.2, 0.25) is 0 Å². The molecule has 0 amide bonds. The summed E-state index contributed by atoms with van der Waals surface area (Å²) in [5.74, 6) is -14.5. The third kappa shape index (κ3) is 4.09. The lowest BCUT2D eigenvalue weighted by Crippen LogP contribution is -2.19. The van der Waals surface area contributed by atoms with Gasteiger partial charge in [0.1, 0.15) is 5.56 Å². The van der Waals surface area contributed by atoms with Gasteiger partial charge >= 0.3 is 11.9 Å². The normalized spacial score (nSPS) is 10.8. The number of rotatable bonds is 3. The fourth-order valence-electron chi connectivity index (χ4n) is 1.82. The molecule has 0 atom stereocenters. The largest absolute Gasteiger partial charge is 0.871 e. The maximum atomic E-state index is 14.0. The Morgan fingerprint density at radius 1 is 0.778 bits per heavy atom. The number of hydrogen-bond donors (Lipinski definition) is 1. The molecule has 2 rings (SSSR count). The lowest BCUT2D eigenvalue weighted by atomic mass is 10.1. The van der Waals surface area contributed by atoms with Crippen LogP contribution in [0.4, 0.5) is 17.6 Å². The van der Waals surface area contributed by atoms with Crippen molar-refractivity contribution in [2.24, 2.45) is 0 Å². The number of carboxylic acids is 1. The monoisotopic (exact) mass is 833 g/mol. The van der Waals surface area contributed by atoms with E-state index in [2.05, 4.69) is 4.74 Å². The van der Waals surface area contributed by atoms with E-state index in [0.29, 0.717) is 0 Å². The lowest BCUT2D eigenvalue weighted by Gasteiger charge is -2.19. The van der Waals surface area contributed by atoms with E-state index in [4.69, 9.17) is 5.11 Å². The molecule has 0 bridgehead atoms. The van der Waals surface area contributed by atoms with Gasteiger partial charge in [0, 0.05) is 14.3 Å². The first kappa shape index (κ1) is 23.1. The standard InChI is InChI=1S/C14H2F4I4O5/c15-3-1(13(24)25)4(16)6(18)12(5(3)17)27-14(26)2-7(19)9(21)11(23)10(22)8(2)20/h23H,(H,24,25)/p-1. The predicted molar refractivity (Wildman–Crippen MR) is 115 cm³/mol. The summed E-state index contributed by atoms with van der Waals surface area (Å²) >= 11 is 6.63. The number of benzene rings is 2. The smallest absolute Gasteiger partial charge is 0.345 e. The summed E-state index contributed by atoms with van der Waals surface area (Å²) in [6.45, 7) is 0. The molecular weight excluding hydrogens is 832 g/mol. The van der Waals surface area contributed by atoms with Crippen molar-refractivity contribution >= 4 is 102 Å². The van der Waals surface area contributed by atoms with Crippen molar-refractivity contribution in [3.63, 3.8) is 0 Å². The molecular formula is C14HF4I4O5-. The maximum Gasteiger partial charge on any atom is 0.345 e. The van der Waals surface area contributed by atoms with Gasteiger partial charge in [-0.05, 0) is 90.4 Å². The Labute approximate surface area is 202 Å². The zero-order valence-electron chi connectivity index (χ0n) is 12.1. The molecule has 0 aliphatic heterocycles. The molecule has 13 heteroatoms. The van der Waals surface area contributed by atoms with Crippen LogP contribution in [0.25, 0.3) is 0 Å². The van der Waals surface area contributed by atoms with Crippen LogP contribution < -0.4 is 9.84 Å². The van der Waals surface area contributed by atoms with E-state index >= 15 is 0 Å². The highest BCUT2D eigenvalue weighted by Gasteiger charge is 2.32. The SMILES string of the molecule is O=C(O)c1c(F)c(F)c(OC(=O)c2c(I)c(I)c([O-])c(I)c2I)c(F)c1F. The highest BCUT2D eigenvalue weighted by atomic mass is 127. The second-order valence-electron chi connectivity index (χ2n) is 4.61. The van der Waals surface area contributed by atoms with Gasteiger partial charge in [-0.15, -0.1) is 0 Å². The van der Waals surface area contributed by atoms with Crippen LogP contribution in [0.5, 0.6) is 11.5 Å². The fraction of sp³-hybridized carbons (Fsp3) is 0. The summed E-state index contributed by atoms with van der Waals surface area (Å²) in [4.78, 5) is 23.1. The molecule has 0 aromatic heterocycles. The first-order valence-corrected chi connectivity index (χ1v) is 10.6. The Morgan fingerprint density at radius 3 is 1.56 bits per heavy atom. The molecule has 5 nitrogen and oxygen atoms in total. The first-order valence-electron chi connectivity index (χ1n) is 6.26. The van der Waals surface area contributed by atoms with Crippen molar-refractivity contribution in [2.75, 3.05) is 0 Å². The summed E-state index contributed by atoms with van der Waals surface area (Å²) in [5, 5.41) is 20.6. The van der Waals surface area contributed by atoms with Gasteiger partial charge < -0.3 is 14.9 Å². The number of carboxylic acid groups (broad SMARTS) is 1. The van der Waals surface area contributed by atoms with E-state index in [1.54, 1.807) is 90.4 Å². The van der Waals surface area contributed by atoms with Crippen LogP contribution in [0.1, 0.15) is 20.7 Å². The van der Waals surface area contributed by atoms with E-state index in [-0.39, 0.29) is 25.6 Å². The minimum Gasteiger partial charge on any atom is -0.871 e. The van der Waals surface area contributed by atoms with Gasteiger partial charge in [-0.2, -0.15) is 8.78 Å². The molecule has 0 saturated carbocycles. The topological polar surface area (TPSA) is 86.7 Å². The van der Waals surface area contributed by atoms with Crippen molar-refractivity contribution in [2.45, 2.75) is 0 Å². The van der Waals surface area contributed by atoms with Crippen LogP contribution in [0.3, 0.4) is 0 Å². The predicted octanol–water partition coefficient (Wildman–Crippen LogP) is 4.65. The quantitative estimate of drug-likeness (QED) is 0.160. The van der Waals surface area contributed by atoms with Gasteiger partial charge in [-0.1, -0.05) is 5.75 Å². The van der Waals surface area contributed by atoms with Gasteiger partial charge in [-0.3, -0.25) is 0 Å². The van der Waals surface area contributed by atoms with E-state index in [9.17, 15) is 32.3 Å². The number of ether oxygens (including phenoxy) is 1. The van der Waals surface area contributed by atoms with Crippen LogP contribution in [0.15, 0.2) is 0 Å². The number of aromatic carboxylic acids is 1. The number of carbonyl (C=O) groups is 2. The number of hydrogen-bond acceptors (Lipinski definition) is 4. The van der Waals surface area contributed by atoms with Crippen LogP contribution >= 0.6 is 90.4 Å². The molecule has 0 radical (unpaired) electrons. The Hall–Kier alpha value is -0.180. The van der Waals surface area contributed by atoms with Crippen LogP contribution in [-0.2, 0) is 0 Å². The molecule has 0 spiro atoms. The van der Waals surface area contributed by atoms with Gasteiger partial charge in [0.05, 0.1) is 5.56 Å². The molecule has 2 aromatic carbocycles. The third-order valence-electron chi connectivity index (χ3n) is 3.06.